The quantitative estimate of drug-likeness (QED) is 0.842. The van der Waals surface area contributed by atoms with Crippen LogP contribution in [-0.2, 0) is 16.6 Å². The molecule has 0 fully saturated rings. The summed E-state index contributed by atoms with van der Waals surface area (Å²) in [6, 6.07) is 4.30. The van der Waals surface area contributed by atoms with Crippen molar-refractivity contribution >= 4 is 33.4 Å². The molecule has 0 aliphatic rings. The molecule has 7 heteroatoms. The molecule has 0 unspecified atom stereocenters. The molecule has 2 N–H and O–H groups in total. The lowest BCUT2D eigenvalue weighted by atomic mass is 10.2. The van der Waals surface area contributed by atoms with E-state index < -0.39 is 10.0 Å². The number of sulfonamides is 1. The number of aliphatic hydroxyl groups is 1. The van der Waals surface area contributed by atoms with Crippen LogP contribution in [0.2, 0.25) is 5.02 Å². The number of benzene rings is 1. The van der Waals surface area contributed by atoms with Crippen molar-refractivity contribution < 1.29 is 13.5 Å². The zero-order valence-electron chi connectivity index (χ0n) is 11.1. The lowest BCUT2D eigenvalue weighted by Crippen LogP contribution is -2.36. The third kappa shape index (κ3) is 4.65. The Morgan fingerprint density at radius 2 is 2.05 bits per heavy atom. The first-order valence-electron chi connectivity index (χ1n) is 5.66. The van der Waals surface area contributed by atoms with E-state index in [-0.39, 0.29) is 21.3 Å². The third-order valence-electron chi connectivity index (χ3n) is 2.75. The summed E-state index contributed by atoms with van der Waals surface area (Å²) in [5.74, 6) is 0. The lowest BCUT2D eigenvalue weighted by molar-refractivity contribution is 0.282. The van der Waals surface area contributed by atoms with Crippen LogP contribution in [0.3, 0.4) is 0 Å². The minimum absolute atomic E-state index is 0.103. The highest BCUT2D eigenvalue weighted by molar-refractivity contribution is 8.00. The molecule has 1 aromatic rings. The maximum atomic E-state index is 12.1. The van der Waals surface area contributed by atoms with Crippen LogP contribution in [0.4, 0.5) is 0 Å². The topological polar surface area (TPSA) is 66.4 Å². The van der Waals surface area contributed by atoms with Crippen molar-refractivity contribution in [2.24, 2.45) is 0 Å². The van der Waals surface area contributed by atoms with Crippen LogP contribution in [0.15, 0.2) is 23.1 Å². The second-order valence-corrected chi connectivity index (χ2v) is 8.39. The molecule has 0 saturated heterocycles. The molecule has 0 spiro atoms. The van der Waals surface area contributed by atoms with Gasteiger partial charge < -0.3 is 5.11 Å². The molecule has 0 aromatic heterocycles. The van der Waals surface area contributed by atoms with E-state index in [9.17, 15) is 8.42 Å². The van der Waals surface area contributed by atoms with Crippen molar-refractivity contribution in [3.05, 3.63) is 28.8 Å². The van der Waals surface area contributed by atoms with Gasteiger partial charge in [-0.15, -0.1) is 0 Å². The van der Waals surface area contributed by atoms with Crippen molar-refractivity contribution in [1.29, 1.82) is 0 Å². The maximum Gasteiger partial charge on any atom is 0.240 e. The SMILES string of the molecule is CSC(C)(C)CNS(=O)(=O)c1ccc(CO)c(Cl)c1. The number of thioether (sulfide) groups is 1. The van der Waals surface area contributed by atoms with Gasteiger partial charge in [0.25, 0.3) is 0 Å². The summed E-state index contributed by atoms with van der Waals surface area (Å²) < 4.78 is 26.6. The fraction of sp³-hybridized carbons (Fsp3) is 0.500. The average Bonchev–Trinajstić information content (AvgIpc) is 2.36. The number of halogens is 1. The van der Waals surface area contributed by atoms with Gasteiger partial charge in [-0.1, -0.05) is 17.7 Å². The van der Waals surface area contributed by atoms with Crippen molar-refractivity contribution in [1.82, 2.24) is 4.72 Å². The summed E-state index contributed by atoms with van der Waals surface area (Å²) in [5.41, 5.74) is 0.505. The summed E-state index contributed by atoms with van der Waals surface area (Å²) in [6.45, 7) is 4.03. The van der Waals surface area contributed by atoms with E-state index in [2.05, 4.69) is 4.72 Å². The Bertz CT molecular complexity index is 544. The highest BCUT2D eigenvalue weighted by Crippen LogP contribution is 2.23. The van der Waals surface area contributed by atoms with Gasteiger partial charge in [0.05, 0.1) is 11.5 Å². The van der Waals surface area contributed by atoms with Crippen molar-refractivity contribution in [2.75, 3.05) is 12.8 Å². The van der Waals surface area contributed by atoms with Crippen LogP contribution in [-0.4, -0.2) is 31.1 Å². The monoisotopic (exact) mass is 323 g/mol. The molecule has 1 aromatic carbocycles. The first-order valence-corrected chi connectivity index (χ1v) is 8.74. The normalized spacial score (nSPS) is 12.7. The zero-order valence-corrected chi connectivity index (χ0v) is 13.5. The second-order valence-electron chi connectivity index (χ2n) is 4.70. The third-order valence-corrected chi connectivity index (χ3v) is 5.75. The molecule has 0 heterocycles. The maximum absolute atomic E-state index is 12.1. The van der Waals surface area contributed by atoms with Gasteiger partial charge in [-0.05, 0) is 37.8 Å². The van der Waals surface area contributed by atoms with E-state index in [4.69, 9.17) is 16.7 Å². The minimum atomic E-state index is -3.58. The second kappa shape index (κ2) is 6.45. The zero-order chi connectivity index (χ0) is 14.7. The van der Waals surface area contributed by atoms with E-state index >= 15 is 0 Å². The number of rotatable bonds is 6. The van der Waals surface area contributed by atoms with Crippen LogP contribution in [0.25, 0.3) is 0 Å². The summed E-state index contributed by atoms with van der Waals surface area (Å²) >= 11 is 7.48. The van der Waals surface area contributed by atoms with Crippen molar-refractivity contribution in [3.63, 3.8) is 0 Å². The van der Waals surface area contributed by atoms with Gasteiger partial charge in [0.15, 0.2) is 0 Å². The van der Waals surface area contributed by atoms with Gasteiger partial charge >= 0.3 is 0 Å². The minimum Gasteiger partial charge on any atom is -0.392 e. The van der Waals surface area contributed by atoms with Crippen LogP contribution >= 0.6 is 23.4 Å². The molecular weight excluding hydrogens is 306 g/mol. The molecule has 1 rings (SSSR count). The van der Waals surface area contributed by atoms with Crippen LogP contribution in [0, 0.1) is 0 Å². The van der Waals surface area contributed by atoms with Gasteiger partial charge in [-0.3, -0.25) is 0 Å². The fourth-order valence-electron chi connectivity index (χ4n) is 1.25. The van der Waals surface area contributed by atoms with Crippen LogP contribution < -0.4 is 4.72 Å². The molecular formula is C12H18ClNO3S2. The Morgan fingerprint density at radius 1 is 1.42 bits per heavy atom. The fourth-order valence-corrected chi connectivity index (χ4v) is 3.10. The molecule has 108 valence electrons. The summed E-state index contributed by atoms with van der Waals surface area (Å²) in [6.07, 6.45) is 1.93. The molecule has 0 aliphatic carbocycles. The molecule has 4 nitrogen and oxygen atoms in total. The highest BCUT2D eigenvalue weighted by atomic mass is 35.5. The average molecular weight is 324 g/mol. The van der Waals surface area contributed by atoms with Crippen LogP contribution in [0.5, 0.6) is 0 Å². The van der Waals surface area contributed by atoms with Crippen molar-refractivity contribution in [3.8, 4) is 0 Å². The lowest BCUT2D eigenvalue weighted by Gasteiger charge is -2.22. The van der Waals surface area contributed by atoms with Crippen LogP contribution in [0.1, 0.15) is 19.4 Å². The van der Waals surface area contributed by atoms with E-state index in [1.54, 1.807) is 11.8 Å². The van der Waals surface area contributed by atoms with Gasteiger partial charge in [0.1, 0.15) is 0 Å². The molecule has 0 aliphatic heterocycles. The van der Waals surface area contributed by atoms with Gasteiger partial charge in [0.2, 0.25) is 10.0 Å². The van der Waals surface area contributed by atoms with E-state index in [1.807, 2.05) is 20.1 Å². The first kappa shape index (κ1) is 16.8. The summed E-state index contributed by atoms with van der Waals surface area (Å²) in [7, 11) is -3.58. The van der Waals surface area contributed by atoms with Crippen molar-refractivity contribution in [2.45, 2.75) is 30.1 Å². The Hall–Kier alpha value is -0.270. The molecule has 0 bridgehead atoms. The standard InChI is InChI=1S/C12H18ClNO3S2/c1-12(2,18-3)8-14-19(16,17)10-5-4-9(7-15)11(13)6-10/h4-6,14-15H,7-8H2,1-3H3. The predicted octanol–water partition coefficient (Wildman–Crippen LogP) is 2.25. The number of hydrogen-bond acceptors (Lipinski definition) is 4. The number of aliphatic hydroxyl groups excluding tert-OH is 1. The molecule has 19 heavy (non-hydrogen) atoms. The first-order chi connectivity index (χ1) is 8.72. The molecule has 0 saturated carbocycles. The Balaban J connectivity index is 2.92. The molecule has 0 atom stereocenters. The summed E-state index contributed by atoms with van der Waals surface area (Å²) in [4.78, 5) is 0.103. The van der Waals surface area contributed by atoms with E-state index in [1.165, 1.54) is 18.2 Å². The van der Waals surface area contributed by atoms with Gasteiger partial charge in [-0.25, -0.2) is 13.1 Å². The smallest absolute Gasteiger partial charge is 0.240 e. The van der Waals surface area contributed by atoms with Gasteiger partial charge in [-0.2, -0.15) is 11.8 Å². The number of nitrogens with one attached hydrogen (secondary N) is 1. The molecule has 0 radical (unpaired) electrons. The Labute approximate surface area is 123 Å². The number of hydrogen-bond donors (Lipinski definition) is 2. The van der Waals surface area contributed by atoms with E-state index in [0.717, 1.165) is 0 Å². The molecule has 0 amide bonds. The van der Waals surface area contributed by atoms with Gasteiger partial charge in [0, 0.05) is 16.3 Å². The highest BCUT2D eigenvalue weighted by Gasteiger charge is 2.21. The predicted molar refractivity (Wildman–Crippen MR) is 80.2 cm³/mol. The Morgan fingerprint density at radius 3 is 2.53 bits per heavy atom. The Kier molecular flexibility index (Phi) is 5.70. The van der Waals surface area contributed by atoms with E-state index in [0.29, 0.717) is 12.1 Å². The summed E-state index contributed by atoms with van der Waals surface area (Å²) in [5, 5.41) is 9.25. The largest absolute Gasteiger partial charge is 0.392 e.